The summed E-state index contributed by atoms with van der Waals surface area (Å²) in [6, 6.07) is 15.7. The number of rotatable bonds is 10. The van der Waals surface area contributed by atoms with E-state index in [2.05, 4.69) is 10.2 Å². The van der Waals surface area contributed by atoms with Gasteiger partial charge in [-0.1, -0.05) is 6.07 Å². The summed E-state index contributed by atoms with van der Waals surface area (Å²) in [5.41, 5.74) is 1.22. The standard InChI is InChI=1S/C26H26N4O8/c1-35-21-8-17(9-22(13-21)36-2)15-27-29(25(31)32)19-6-5-7-20(12-19)30(26(33)34)28-16-18-10-23(37-3)14-24(11-18)38-4/h5-16H,1-4H3,(H,31,32)(H,33,34). The number of anilines is 2. The van der Waals surface area contributed by atoms with Gasteiger partial charge in [0, 0.05) is 23.3 Å². The Morgan fingerprint density at radius 2 is 0.974 bits per heavy atom. The highest BCUT2D eigenvalue weighted by molar-refractivity contribution is 5.93. The lowest BCUT2D eigenvalue weighted by molar-refractivity contribution is 0.201. The third-order valence-electron chi connectivity index (χ3n) is 5.07. The van der Waals surface area contributed by atoms with Gasteiger partial charge < -0.3 is 29.2 Å². The molecule has 198 valence electrons. The van der Waals surface area contributed by atoms with E-state index in [1.54, 1.807) is 36.4 Å². The molecule has 0 heterocycles. The molecule has 2 N–H and O–H groups in total. The van der Waals surface area contributed by atoms with Crippen molar-refractivity contribution in [2.24, 2.45) is 10.2 Å². The van der Waals surface area contributed by atoms with Gasteiger partial charge in [0.25, 0.3) is 0 Å². The van der Waals surface area contributed by atoms with E-state index in [4.69, 9.17) is 18.9 Å². The van der Waals surface area contributed by atoms with Crippen LogP contribution in [0.2, 0.25) is 0 Å². The summed E-state index contributed by atoms with van der Waals surface area (Å²) in [6.45, 7) is 0. The SMILES string of the molecule is COc1cc(C=NN(C(=O)O)c2cccc(N(N=Cc3cc(OC)cc(OC)c3)C(=O)O)c2)cc(OC)c1. The van der Waals surface area contributed by atoms with Crippen LogP contribution < -0.4 is 29.0 Å². The number of carbonyl (C=O) groups is 2. The first kappa shape index (κ1) is 27.3. The van der Waals surface area contributed by atoms with E-state index in [0.29, 0.717) is 44.1 Å². The van der Waals surface area contributed by atoms with Crippen LogP contribution in [0.3, 0.4) is 0 Å². The third kappa shape index (κ3) is 6.91. The van der Waals surface area contributed by atoms with Crippen molar-refractivity contribution in [1.29, 1.82) is 0 Å². The van der Waals surface area contributed by atoms with Crippen LogP contribution in [0.5, 0.6) is 23.0 Å². The third-order valence-corrected chi connectivity index (χ3v) is 5.07. The molecule has 12 heteroatoms. The van der Waals surface area contributed by atoms with Gasteiger partial charge in [-0.3, -0.25) is 0 Å². The molecule has 0 unspecified atom stereocenters. The van der Waals surface area contributed by atoms with Gasteiger partial charge in [0.15, 0.2) is 0 Å². The molecule has 0 fully saturated rings. The summed E-state index contributed by atoms with van der Waals surface area (Å²) >= 11 is 0. The predicted molar refractivity (Wildman–Crippen MR) is 142 cm³/mol. The summed E-state index contributed by atoms with van der Waals surface area (Å²) in [7, 11) is 5.97. The van der Waals surface area contributed by atoms with E-state index >= 15 is 0 Å². The number of carboxylic acid groups (broad SMARTS) is 2. The van der Waals surface area contributed by atoms with E-state index in [-0.39, 0.29) is 11.4 Å². The lowest BCUT2D eigenvalue weighted by Gasteiger charge is -2.17. The summed E-state index contributed by atoms with van der Waals surface area (Å²) in [6.07, 6.45) is -0.145. The maximum absolute atomic E-state index is 12.0. The molecule has 3 aromatic rings. The fraction of sp³-hybridized carbons (Fsp3) is 0.154. The van der Waals surface area contributed by atoms with Gasteiger partial charge in [-0.25, -0.2) is 9.59 Å². The minimum absolute atomic E-state index is 0.0885. The van der Waals surface area contributed by atoms with E-state index < -0.39 is 12.2 Å². The van der Waals surface area contributed by atoms with Crippen molar-refractivity contribution < 1.29 is 38.7 Å². The Labute approximate surface area is 218 Å². The molecule has 0 aliphatic heterocycles. The molecule has 0 aliphatic carbocycles. The van der Waals surface area contributed by atoms with Gasteiger partial charge in [0.05, 0.1) is 52.2 Å². The fourth-order valence-corrected chi connectivity index (χ4v) is 3.27. The minimum Gasteiger partial charge on any atom is -0.497 e. The quantitative estimate of drug-likeness (QED) is 0.287. The van der Waals surface area contributed by atoms with Crippen molar-refractivity contribution in [1.82, 2.24) is 0 Å². The highest BCUT2D eigenvalue weighted by Gasteiger charge is 2.18. The summed E-state index contributed by atoms with van der Waals surface area (Å²) in [5.74, 6) is 1.99. The molecule has 0 saturated carbocycles. The predicted octanol–water partition coefficient (Wildman–Crippen LogP) is 4.76. The molecule has 38 heavy (non-hydrogen) atoms. The Morgan fingerprint density at radius 3 is 1.26 bits per heavy atom. The molecule has 12 nitrogen and oxygen atoms in total. The van der Waals surface area contributed by atoms with Crippen LogP contribution in [-0.4, -0.2) is 63.3 Å². The summed E-state index contributed by atoms with van der Waals surface area (Å²) in [4.78, 5) is 24.0. The lowest BCUT2D eigenvalue weighted by atomic mass is 10.2. The average molecular weight is 523 g/mol. The number of nitrogens with zero attached hydrogens (tertiary/aromatic N) is 4. The molecule has 0 radical (unpaired) electrons. The largest absolute Gasteiger partial charge is 0.497 e. The topological polar surface area (TPSA) is 143 Å². The number of amides is 2. The second kappa shape index (κ2) is 12.6. The van der Waals surface area contributed by atoms with Gasteiger partial charge in [0.2, 0.25) is 0 Å². The highest BCUT2D eigenvalue weighted by Crippen LogP contribution is 2.26. The minimum atomic E-state index is -1.39. The number of hydrogen-bond donors (Lipinski definition) is 2. The molecule has 3 aromatic carbocycles. The number of methoxy groups -OCH3 is 4. The number of benzene rings is 3. The maximum Gasteiger partial charge on any atom is 0.432 e. The second-order valence-corrected chi connectivity index (χ2v) is 7.49. The van der Waals surface area contributed by atoms with E-state index in [9.17, 15) is 19.8 Å². The average Bonchev–Trinajstić information content (AvgIpc) is 2.92. The number of hydrazone groups is 2. The van der Waals surface area contributed by atoms with Crippen molar-refractivity contribution in [3.8, 4) is 23.0 Å². The highest BCUT2D eigenvalue weighted by atomic mass is 16.5. The summed E-state index contributed by atoms with van der Waals surface area (Å²) in [5, 5.41) is 29.1. The van der Waals surface area contributed by atoms with Crippen molar-refractivity contribution in [3.05, 3.63) is 71.8 Å². The normalized spacial score (nSPS) is 10.8. The zero-order chi connectivity index (χ0) is 27.7. The van der Waals surface area contributed by atoms with E-state index in [1.807, 2.05) is 0 Å². The molecule has 0 spiro atoms. The first-order chi connectivity index (χ1) is 18.3. The van der Waals surface area contributed by atoms with Crippen molar-refractivity contribution in [2.75, 3.05) is 38.5 Å². The Morgan fingerprint density at radius 1 is 0.632 bits per heavy atom. The Hall–Kier alpha value is -5.26. The Balaban J connectivity index is 1.93. The molecule has 0 bridgehead atoms. The maximum atomic E-state index is 12.0. The van der Waals surface area contributed by atoms with E-state index in [1.165, 1.54) is 65.1 Å². The fourth-order valence-electron chi connectivity index (χ4n) is 3.27. The molecule has 0 aromatic heterocycles. The van der Waals surface area contributed by atoms with Gasteiger partial charge >= 0.3 is 12.2 Å². The van der Waals surface area contributed by atoms with Crippen LogP contribution in [0.15, 0.2) is 70.9 Å². The van der Waals surface area contributed by atoms with Gasteiger partial charge in [-0.15, -0.1) is 0 Å². The first-order valence-corrected chi connectivity index (χ1v) is 11.0. The van der Waals surface area contributed by atoms with Gasteiger partial charge in [-0.05, 0) is 42.5 Å². The first-order valence-electron chi connectivity index (χ1n) is 11.0. The molecule has 2 amide bonds. The molecular weight excluding hydrogens is 496 g/mol. The van der Waals surface area contributed by atoms with Crippen molar-refractivity contribution >= 4 is 36.0 Å². The number of ether oxygens (including phenoxy) is 4. The summed E-state index contributed by atoms with van der Waals surface area (Å²) < 4.78 is 20.9. The second-order valence-electron chi connectivity index (χ2n) is 7.49. The van der Waals surface area contributed by atoms with Crippen molar-refractivity contribution in [3.63, 3.8) is 0 Å². The van der Waals surface area contributed by atoms with Crippen LogP contribution in [0.4, 0.5) is 21.0 Å². The van der Waals surface area contributed by atoms with Crippen LogP contribution in [0, 0.1) is 0 Å². The molecule has 3 rings (SSSR count). The van der Waals surface area contributed by atoms with Crippen LogP contribution in [0.1, 0.15) is 11.1 Å². The van der Waals surface area contributed by atoms with Gasteiger partial charge in [0.1, 0.15) is 23.0 Å². The molecule has 0 atom stereocenters. The van der Waals surface area contributed by atoms with Crippen molar-refractivity contribution in [2.45, 2.75) is 0 Å². The monoisotopic (exact) mass is 522 g/mol. The van der Waals surface area contributed by atoms with Crippen LogP contribution >= 0.6 is 0 Å². The smallest absolute Gasteiger partial charge is 0.432 e. The van der Waals surface area contributed by atoms with Crippen LogP contribution in [0.25, 0.3) is 0 Å². The Kier molecular flexibility index (Phi) is 9.08. The zero-order valence-electron chi connectivity index (χ0n) is 21.1. The molecular formula is C26H26N4O8. The van der Waals surface area contributed by atoms with Gasteiger partial charge in [-0.2, -0.15) is 20.2 Å². The van der Waals surface area contributed by atoms with Crippen LogP contribution in [-0.2, 0) is 0 Å². The molecule has 0 saturated heterocycles. The number of hydrogen-bond acceptors (Lipinski definition) is 8. The van der Waals surface area contributed by atoms with E-state index in [0.717, 1.165) is 0 Å². The molecule has 0 aliphatic rings. The lowest BCUT2D eigenvalue weighted by Crippen LogP contribution is -2.25. The zero-order valence-corrected chi connectivity index (χ0v) is 21.1. The Bertz CT molecular complexity index is 1220.